The molecule has 0 N–H and O–H groups in total. The molecule has 2 aromatic rings. The third kappa shape index (κ3) is 4.25. The lowest BCUT2D eigenvalue weighted by Gasteiger charge is -2.28. The van der Waals surface area contributed by atoms with Gasteiger partial charge < -0.3 is 4.90 Å². The second kappa shape index (κ2) is 8.58. The molecule has 6 nitrogen and oxygen atoms in total. The third-order valence-electron chi connectivity index (χ3n) is 5.51. The van der Waals surface area contributed by atoms with E-state index in [0.717, 1.165) is 11.1 Å². The molecule has 1 amide bonds. The molecule has 0 bridgehead atoms. The first-order valence-electron chi connectivity index (χ1n) is 9.99. The number of carbonyl (C=O) groups is 1. The van der Waals surface area contributed by atoms with E-state index in [2.05, 4.69) is 6.07 Å². The third-order valence-corrected chi connectivity index (χ3v) is 7.73. The van der Waals surface area contributed by atoms with Crippen molar-refractivity contribution in [1.82, 2.24) is 9.21 Å². The van der Waals surface area contributed by atoms with E-state index >= 15 is 0 Å². The maximum absolute atomic E-state index is 13.5. The molecule has 158 valence electrons. The van der Waals surface area contributed by atoms with Crippen LogP contribution < -0.4 is 0 Å². The van der Waals surface area contributed by atoms with Gasteiger partial charge >= 0.3 is 0 Å². The second-order valence-corrected chi connectivity index (χ2v) is 9.84. The summed E-state index contributed by atoms with van der Waals surface area (Å²) in [5.41, 5.74) is 3.78. The van der Waals surface area contributed by atoms with Crippen LogP contribution in [0.2, 0.25) is 0 Å². The molecule has 1 aliphatic rings. The van der Waals surface area contributed by atoms with Crippen molar-refractivity contribution in [1.29, 1.82) is 5.26 Å². The normalized spacial score (nSPS) is 17.0. The highest BCUT2D eigenvalue weighted by Gasteiger charge is 2.41. The molecule has 0 saturated carbocycles. The minimum absolute atomic E-state index is 0.221. The van der Waals surface area contributed by atoms with Crippen LogP contribution in [0.5, 0.6) is 0 Å². The van der Waals surface area contributed by atoms with Gasteiger partial charge in [0.05, 0.1) is 16.5 Å². The van der Waals surface area contributed by atoms with Gasteiger partial charge in [0.1, 0.15) is 6.04 Å². The Morgan fingerprint density at radius 3 is 2.50 bits per heavy atom. The Kier molecular flexibility index (Phi) is 6.30. The van der Waals surface area contributed by atoms with E-state index < -0.39 is 16.1 Å². The molecule has 0 radical (unpaired) electrons. The van der Waals surface area contributed by atoms with Crippen molar-refractivity contribution in [2.45, 2.75) is 51.1 Å². The zero-order chi connectivity index (χ0) is 22.1. The van der Waals surface area contributed by atoms with Gasteiger partial charge in [0.2, 0.25) is 15.9 Å². The van der Waals surface area contributed by atoms with E-state index in [4.69, 9.17) is 5.26 Å². The number of benzene rings is 2. The van der Waals surface area contributed by atoms with Crippen molar-refractivity contribution in [2.75, 3.05) is 13.6 Å². The van der Waals surface area contributed by atoms with Crippen molar-refractivity contribution in [3.63, 3.8) is 0 Å². The molecular weight excluding hydrogens is 398 g/mol. The zero-order valence-corrected chi connectivity index (χ0v) is 18.7. The zero-order valence-electron chi connectivity index (χ0n) is 17.8. The molecule has 0 aromatic heterocycles. The highest BCUT2D eigenvalue weighted by molar-refractivity contribution is 7.89. The molecule has 0 spiro atoms. The lowest BCUT2D eigenvalue weighted by molar-refractivity contribution is -0.133. The first-order valence-corrected chi connectivity index (χ1v) is 11.4. The SMILES string of the molecule is Cc1cc(C)c(S(=O)(=O)N2CCCC2C(=O)N(C)Cc2cccc(C#N)c2)c(C)c1. The van der Waals surface area contributed by atoms with Gasteiger partial charge in [0.15, 0.2) is 0 Å². The van der Waals surface area contributed by atoms with Gasteiger partial charge in [-0.1, -0.05) is 29.8 Å². The van der Waals surface area contributed by atoms with E-state index in [1.165, 1.54) is 4.31 Å². The fraction of sp³-hybridized carbons (Fsp3) is 0.391. The van der Waals surface area contributed by atoms with Crippen LogP contribution in [-0.2, 0) is 21.4 Å². The number of amides is 1. The number of hydrogen-bond donors (Lipinski definition) is 0. The standard InChI is InChI=1S/C23H27N3O3S/c1-16-11-17(2)22(18(3)12-16)30(28,29)26-10-6-9-21(26)23(27)25(4)15-20-8-5-7-19(13-20)14-24/h5,7-8,11-13,21H,6,9-10,15H2,1-4H3. The summed E-state index contributed by atoms with van der Waals surface area (Å²) in [6.45, 7) is 6.20. The summed E-state index contributed by atoms with van der Waals surface area (Å²) in [6.07, 6.45) is 1.15. The molecular formula is C23H27N3O3S. The van der Waals surface area contributed by atoms with Crippen LogP contribution in [0.4, 0.5) is 0 Å². The predicted octanol–water partition coefficient (Wildman–Crippen LogP) is 3.30. The van der Waals surface area contributed by atoms with Gasteiger partial charge in [-0.3, -0.25) is 4.79 Å². The molecule has 1 atom stereocenters. The lowest BCUT2D eigenvalue weighted by Crippen LogP contribution is -2.46. The summed E-state index contributed by atoms with van der Waals surface area (Å²) in [7, 11) is -2.11. The number of hydrogen-bond acceptors (Lipinski definition) is 4. The Morgan fingerprint density at radius 2 is 1.87 bits per heavy atom. The van der Waals surface area contributed by atoms with Crippen LogP contribution in [-0.4, -0.2) is 43.2 Å². The molecule has 1 unspecified atom stereocenters. The molecule has 2 aromatic carbocycles. The molecule has 1 saturated heterocycles. The van der Waals surface area contributed by atoms with Crippen LogP contribution in [0.15, 0.2) is 41.3 Å². The predicted molar refractivity (Wildman–Crippen MR) is 115 cm³/mol. The summed E-state index contributed by atoms with van der Waals surface area (Å²) >= 11 is 0. The van der Waals surface area contributed by atoms with Gasteiger partial charge in [-0.05, 0) is 62.4 Å². The van der Waals surface area contributed by atoms with Crippen molar-refractivity contribution in [3.8, 4) is 6.07 Å². The van der Waals surface area contributed by atoms with Gasteiger partial charge in [0.25, 0.3) is 0 Å². The monoisotopic (exact) mass is 425 g/mol. The van der Waals surface area contributed by atoms with E-state index in [9.17, 15) is 13.2 Å². The van der Waals surface area contributed by atoms with Crippen molar-refractivity contribution < 1.29 is 13.2 Å². The van der Waals surface area contributed by atoms with Crippen molar-refractivity contribution in [2.24, 2.45) is 0 Å². The highest BCUT2D eigenvalue weighted by Crippen LogP contribution is 2.31. The summed E-state index contributed by atoms with van der Waals surface area (Å²) in [6, 6.07) is 12.2. The van der Waals surface area contributed by atoms with E-state index in [1.807, 2.05) is 25.1 Å². The highest BCUT2D eigenvalue weighted by atomic mass is 32.2. The topological polar surface area (TPSA) is 81.5 Å². The number of aryl methyl sites for hydroxylation is 3. The Labute approximate surface area is 178 Å². The summed E-state index contributed by atoms with van der Waals surface area (Å²) in [4.78, 5) is 15.0. The molecule has 1 fully saturated rings. The van der Waals surface area contributed by atoms with E-state index in [-0.39, 0.29) is 5.91 Å². The first-order chi connectivity index (χ1) is 14.1. The van der Waals surface area contributed by atoms with Crippen LogP contribution in [0, 0.1) is 32.1 Å². The quantitative estimate of drug-likeness (QED) is 0.736. The smallest absolute Gasteiger partial charge is 0.244 e. The number of nitriles is 1. The summed E-state index contributed by atoms with van der Waals surface area (Å²) in [5.74, 6) is -0.221. The van der Waals surface area contributed by atoms with Crippen LogP contribution in [0.3, 0.4) is 0 Å². The summed E-state index contributed by atoms with van der Waals surface area (Å²) in [5, 5.41) is 9.07. The Morgan fingerprint density at radius 1 is 1.20 bits per heavy atom. The average molecular weight is 426 g/mol. The number of likely N-dealkylation sites (N-methyl/N-ethyl adjacent to an activating group) is 1. The lowest BCUT2D eigenvalue weighted by atomic mass is 10.1. The largest absolute Gasteiger partial charge is 0.340 e. The molecule has 30 heavy (non-hydrogen) atoms. The molecule has 1 aliphatic heterocycles. The van der Waals surface area contributed by atoms with E-state index in [1.54, 1.807) is 44.0 Å². The van der Waals surface area contributed by atoms with Crippen molar-refractivity contribution >= 4 is 15.9 Å². The Bertz CT molecular complexity index is 1100. The first kappa shape index (κ1) is 22.0. The van der Waals surface area contributed by atoms with E-state index in [0.29, 0.717) is 47.5 Å². The average Bonchev–Trinajstić information content (AvgIpc) is 3.17. The van der Waals surface area contributed by atoms with Crippen LogP contribution in [0.25, 0.3) is 0 Å². The minimum Gasteiger partial charge on any atom is -0.340 e. The maximum atomic E-state index is 13.5. The second-order valence-electron chi connectivity index (χ2n) is 8.01. The molecule has 0 aliphatic carbocycles. The Hall–Kier alpha value is -2.69. The molecule has 3 rings (SSSR count). The fourth-order valence-electron chi connectivity index (χ4n) is 4.31. The van der Waals surface area contributed by atoms with Gasteiger partial charge in [0, 0.05) is 20.1 Å². The summed E-state index contributed by atoms with van der Waals surface area (Å²) < 4.78 is 28.3. The Balaban J connectivity index is 1.86. The maximum Gasteiger partial charge on any atom is 0.244 e. The number of carbonyl (C=O) groups excluding carboxylic acids is 1. The number of sulfonamides is 1. The fourth-order valence-corrected chi connectivity index (χ4v) is 6.38. The van der Waals surface area contributed by atoms with Crippen molar-refractivity contribution in [3.05, 3.63) is 64.2 Å². The molecule has 1 heterocycles. The van der Waals surface area contributed by atoms with Crippen LogP contribution >= 0.6 is 0 Å². The van der Waals surface area contributed by atoms with Gasteiger partial charge in [-0.25, -0.2) is 8.42 Å². The van der Waals surface area contributed by atoms with Gasteiger partial charge in [-0.2, -0.15) is 9.57 Å². The molecule has 7 heteroatoms. The minimum atomic E-state index is -3.79. The van der Waals surface area contributed by atoms with Gasteiger partial charge in [-0.15, -0.1) is 0 Å². The van der Waals surface area contributed by atoms with Crippen LogP contribution in [0.1, 0.15) is 40.7 Å². The number of nitrogens with zero attached hydrogens (tertiary/aromatic N) is 3. The number of rotatable bonds is 5.